The van der Waals surface area contributed by atoms with Gasteiger partial charge in [-0.3, -0.25) is 4.57 Å². The van der Waals surface area contributed by atoms with E-state index >= 15 is 0 Å². The van der Waals surface area contributed by atoms with E-state index in [-0.39, 0.29) is 17.2 Å². The molecule has 5 aromatic rings. The Morgan fingerprint density at radius 1 is 0.884 bits per heavy atom. The number of rotatable bonds is 6. The highest BCUT2D eigenvalue weighted by atomic mass is 16.3. The molecule has 1 aliphatic rings. The maximum absolute atomic E-state index is 11.1. The maximum Gasteiger partial charge on any atom is 0.149 e. The predicted octanol–water partition coefficient (Wildman–Crippen LogP) is 9.88. The molecule has 0 spiro atoms. The van der Waals surface area contributed by atoms with Gasteiger partial charge in [-0.2, -0.15) is 0 Å². The Balaban J connectivity index is 1.52. The fourth-order valence-corrected chi connectivity index (χ4v) is 5.98. The molecule has 43 heavy (non-hydrogen) atoms. The number of phenols is 1. The van der Waals surface area contributed by atoms with Gasteiger partial charge in [-0.15, -0.1) is 0 Å². The Hall–Kier alpha value is -4.57. The Bertz CT molecular complexity index is 1850. The van der Waals surface area contributed by atoms with Crippen molar-refractivity contribution < 1.29 is 5.11 Å². The van der Waals surface area contributed by atoms with E-state index < -0.39 is 0 Å². The van der Waals surface area contributed by atoms with Crippen molar-refractivity contribution in [3.8, 4) is 34.0 Å². The molecule has 1 unspecified atom stereocenters. The molecule has 0 radical (unpaired) electrons. The van der Waals surface area contributed by atoms with Gasteiger partial charge in [-0.05, 0) is 88.9 Å². The van der Waals surface area contributed by atoms with Crippen LogP contribution in [0.4, 0.5) is 0 Å². The van der Waals surface area contributed by atoms with Gasteiger partial charge in [-0.1, -0.05) is 95.3 Å². The molecule has 6 rings (SSSR count). The smallest absolute Gasteiger partial charge is 0.149 e. The Labute approximate surface area is 255 Å². The van der Waals surface area contributed by atoms with Gasteiger partial charge in [0.15, 0.2) is 0 Å². The number of fused-ring (bicyclic) bond motifs is 1. The molecular weight excluding hydrogens is 526 g/mol. The molecule has 0 saturated carbocycles. The Morgan fingerprint density at radius 2 is 1.65 bits per heavy atom. The fourth-order valence-electron chi connectivity index (χ4n) is 5.98. The van der Waals surface area contributed by atoms with Crippen molar-refractivity contribution in [2.24, 2.45) is 5.92 Å². The molecular formula is C39H41N3O. The fraction of sp³-hybridized carbons (Fsp3) is 0.256. The third kappa shape index (κ3) is 5.62. The topological polar surface area (TPSA) is 50.1 Å². The molecule has 4 heteroatoms. The summed E-state index contributed by atoms with van der Waals surface area (Å²) in [5.74, 6) is 1.55. The highest BCUT2D eigenvalue weighted by molar-refractivity contribution is 5.96. The predicted molar refractivity (Wildman–Crippen MR) is 179 cm³/mol. The second kappa shape index (κ2) is 11.3. The third-order valence-electron chi connectivity index (χ3n) is 8.34. The first-order chi connectivity index (χ1) is 20.6. The van der Waals surface area contributed by atoms with E-state index in [0.717, 1.165) is 51.2 Å². The average molecular weight is 568 g/mol. The molecule has 1 atom stereocenters. The summed E-state index contributed by atoms with van der Waals surface area (Å²) >= 11 is 0. The van der Waals surface area contributed by atoms with E-state index in [4.69, 9.17) is 4.98 Å². The number of aromatic nitrogens is 2. The van der Waals surface area contributed by atoms with E-state index in [9.17, 15) is 5.11 Å². The zero-order valence-corrected chi connectivity index (χ0v) is 26.0. The summed E-state index contributed by atoms with van der Waals surface area (Å²) in [6.45, 7) is 13.3. The molecule has 1 aromatic heterocycles. The van der Waals surface area contributed by atoms with Crippen molar-refractivity contribution in [1.29, 1.82) is 0 Å². The van der Waals surface area contributed by atoms with Gasteiger partial charge < -0.3 is 10.4 Å². The summed E-state index contributed by atoms with van der Waals surface area (Å²) in [6.07, 6.45) is 5.60. The van der Waals surface area contributed by atoms with Crippen LogP contribution >= 0.6 is 0 Å². The SMILES string of the molecule is CC1=CNC(c2cccc(-c3cccc4c3nc(-c3cc(C(C)(C)C)ccc3O)n4-c3ccccc3)c2)C=C1CC(C)C. The molecule has 2 N–H and O–H groups in total. The van der Waals surface area contributed by atoms with Crippen molar-refractivity contribution in [3.05, 3.63) is 126 Å². The summed E-state index contributed by atoms with van der Waals surface area (Å²) in [7, 11) is 0. The number of dihydropyridines is 1. The van der Waals surface area contributed by atoms with Crippen LogP contribution in [0.15, 0.2) is 114 Å². The minimum absolute atomic E-state index is 0.0675. The molecule has 1 aliphatic heterocycles. The van der Waals surface area contributed by atoms with E-state index in [1.807, 2.05) is 24.3 Å². The zero-order chi connectivity index (χ0) is 30.3. The van der Waals surface area contributed by atoms with Crippen LogP contribution < -0.4 is 5.32 Å². The molecule has 0 saturated heterocycles. The van der Waals surface area contributed by atoms with Crippen LogP contribution in [0.2, 0.25) is 0 Å². The van der Waals surface area contributed by atoms with Gasteiger partial charge in [0.05, 0.1) is 22.6 Å². The number of benzene rings is 4. The van der Waals surface area contributed by atoms with Crippen LogP contribution in [0.1, 0.15) is 65.1 Å². The van der Waals surface area contributed by atoms with Crippen LogP contribution in [0.25, 0.3) is 39.2 Å². The Kier molecular flexibility index (Phi) is 7.47. The lowest BCUT2D eigenvalue weighted by Crippen LogP contribution is -2.19. The van der Waals surface area contributed by atoms with Crippen LogP contribution in [0.5, 0.6) is 5.75 Å². The molecule has 0 fully saturated rings. The number of nitrogens with one attached hydrogen (secondary N) is 1. The lowest BCUT2D eigenvalue weighted by molar-refractivity contribution is 0.475. The van der Waals surface area contributed by atoms with Gasteiger partial charge in [-0.25, -0.2) is 4.98 Å². The first kappa shape index (κ1) is 28.5. The van der Waals surface area contributed by atoms with Crippen molar-refractivity contribution in [1.82, 2.24) is 14.9 Å². The number of imidazole rings is 1. The van der Waals surface area contributed by atoms with E-state index in [1.54, 1.807) is 6.07 Å². The molecule has 0 amide bonds. The first-order valence-electron chi connectivity index (χ1n) is 15.2. The van der Waals surface area contributed by atoms with Gasteiger partial charge in [0.25, 0.3) is 0 Å². The maximum atomic E-state index is 11.1. The number of hydrogen-bond donors (Lipinski definition) is 2. The summed E-state index contributed by atoms with van der Waals surface area (Å²) in [5.41, 5.74) is 10.8. The molecule has 4 aromatic carbocycles. The normalized spacial score (nSPS) is 15.4. The minimum atomic E-state index is -0.0675. The second-order valence-electron chi connectivity index (χ2n) is 13.1. The minimum Gasteiger partial charge on any atom is -0.507 e. The van der Waals surface area contributed by atoms with Crippen LogP contribution in [0, 0.1) is 5.92 Å². The average Bonchev–Trinajstić information content (AvgIpc) is 3.38. The van der Waals surface area contributed by atoms with Crippen LogP contribution in [-0.4, -0.2) is 14.7 Å². The number of allylic oxidation sites excluding steroid dienone is 2. The molecule has 218 valence electrons. The quantitative estimate of drug-likeness (QED) is 0.215. The van der Waals surface area contributed by atoms with Crippen molar-refractivity contribution >= 4 is 11.0 Å². The van der Waals surface area contributed by atoms with Gasteiger partial charge in [0.1, 0.15) is 11.6 Å². The molecule has 0 aliphatic carbocycles. The van der Waals surface area contributed by atoms with Crippen molar-refractivity contribution in [3.63, 3.8) is 0 Å². The van der Waals surface area contributed by atoms with Crippen molar-refractivity contribution in [2.75, 3.05) is 0 Å². The summed E-state index contributed by atoms with van der Waals surface area (Å²) in [5, 5.41) is 14.7. The highest BCUT2D eigenvalue weighted by Gasteiger charge is 2.23. The number of aromatic hydroxyl groups is 1. The van der Waals surface area contributed by atoms with Gasteiger partial charge in [0, 0.05) is 17.5 Å². The van der Waals surface area contributed by atoms with E-state index in [0.29, 0.717) is 5.92 Å². The monoisotopic (exact) mass is 567 g/mol. The highest BCUT2D eigenvalue weighted by Crippen LogP contribution is 2.39. The molecule has 4 nitrogen and oxygen atoms in total. The van der Waals surface area contributed by atoms with Crippen molar-refractivity contribution in [2.45, 2.75) is 59.4 Å². The lowest BCUT2D eigenvalue weighted by atomic mass is 9.86. The summed E-state index contributed by atoms with van der Waals surface area (Å²) < 4.78 is 2.17. The van der Waals surface area contributed by atoms with Crippen LogP contribution in [-0.2, 0) is 5.41 Å². The second-order valence-corrected chi connectivity index (χ2v) is 13.1. The van der Waals surface area contributed by atoms with Gasteiger partial charge in [0.2, 0.25) is 0 Å². The van der Waals surface area contributed by atoms with E-state index in [2.05, 4.69) is 124 Å². The van der Waals surface area contributed by atoms with Gasteiger partial charge >= 0.3 is 0 Å². The summed E-state index contributed by atoms with van der Waals surface area (Å²) in [4.78, 5) is 5.28. The summed E-state index contributed by atoms with van der Waals surface area (Å²) in [6, 6.07) is 31.4. The largest absolute Gasteiger partial charge is 0.507 e. The lowest BCUT2D eigenvalue weighted by Gasteiger charge is -2.24. The molecule has 2 heterocycles. The van der Waals surface area contributed by atoms with Crippen LogP contribution in [0.3, 0.4) is 0 Å². The number of para-hydroxylation sites is 2. The van der Waals surface area contributed by atoms with E-state index in [1.165, 1.54) is 16.7 Å². The third-order valence-corrected chi connectivity index (χ3v) is 8.34. The number of phenolic OH excluding ortho intramolecular Hbond substituents is 1. The zero-order valence-electron chi connectivity index (χ0n) is 26.0. The first-order valence-corrected chi connectivity index (χ1v) is 15.2. The number of nitrogens with zero attached hydrogens (tertiary/aromatic N) is 2. The standard InChI is InChI=1S/C39H41N3O/c1-25(2)20-29-22-34(40-24-26(29)3)28-13-10-12-27(21-28)32-16-11-17-35-37(32)41-38(42(35)31-14-8-7-9-15-31)33-23-30(39(4,5)6)18-19-36(33)43/h7-19,21-25,34,40,43H,20H2,1-6H3. The Morgan fingerprint density at radius 3 is 2.40 bits per heavy atom. The molecule has 0 bridgehead atoms. The number of hydrogen-bond acceptors (Lipinski definition) is 3.